The standard InChI is InChI=1S/C22H27ClN2O4/c1-16(17-3-5-18(6-4-17)22(27)28-2)24-9-11-25(12-10-24)21-8-7-19(15-20(21)23)29-14-13-26/h3-8,15-16,26H,9-14H2,1-2H3. The zero-order valence-electron chi connectivity index (χ0n) is 16.8. The molecule has 1 aliphatic rings. The average Bonchev–Trinajstić information content (AvgIpc) is 2.77. The summed E-state index contributed by atoms with van der Waals surface area (Å²) in [5, 5.41) is 9.52. The Kier molecular flexibility index (Phi) is 7.36. The van der Waals surface area contributed by atoms with Gasteiger partial charge in [0.15, 0.2) is 0 Å². The van der Waals surface area contributed by atoms with Crippen molar-refractivity contribution in [3.05, 3.63) is 58.6 Å². The van der Waals surface area contributed by atoms with Gasteiger partial charge in [0.1, 0.15) is 12.4 Å². The summed E-state index contributed by atoms with van der Waals surface area (Å²) < 4.78 is 10.2. The molecule has 7 heteroatoms. The molecule has 1 aliphatic heterocycles. The third kappa shape index (κ3) is 5.21. The fourth-order valence-electron chi connectivity index (χ4n) is 3.57. The quantitative estimate of drug-likeness (QED) is 0.695. The van der Waals surface area contributed by atoms with Crippen LogP contribution in [0.4, 0.5) is 5.69 Å². The zero-order chi connectivity index (χ0) is 20.8. The van der Waals surface area contributed by atoms with Crippen molar-refractivity contribution in [2.45, 2.75) is 13.0 Å². The molecule has 6 nitrogen and oxygen atoms in total. The van der Waals surface area contributed by atoms with Gasteiger partial charge in [0, 0.05) is 38.3 Å². The molecular weight excluding hydrogens is 392 g/mol. The van der Waals surface area contributed by atoms with Gasteiger partial charge in [-0.2, -0.15) is 0 Å². The maximum Gasteiger partial charge on any atom is 0.337 e. The number of nitrogens with zero attached hydrogens (tertiary/aromatic N) is 2. The van der Waals surface area contributed by atoms with Crippen LogP contribution in [0.3, 0.4) is 0 Å². The molecule has 0 aliphatic carbocycles. The van der Waals surface area contributed by atoms with Gasteiger partial charge in [-0.15, -0.1) is 0 Å². The average molecular weight is 419 g/mol. The van der Waals surface area contributed by atoms with Gasteiger partial charge in [-0.3, -0.25) is 4.90 Å². The number of benzene rings is 2. The molecule has 29 heavy (non-hydrogen) atoms. The van der Waals surface area contributed by atoms with Crippen molar-refractivity contribution in [1.82, 2.24) is 4.90 Å². The van der Waals surface area contributed by atoms with Crippen molar-refractivity contribution in [2.24, 2.45) is 0 Å². The van der Waals surface area contributed by atoms with Crippen LogP contribution >= 0.6 is 11.6 Å². The van der Waals surface area contributed by atoms with Crippen molar-refractivity contribution in [3.8, 4) is 5.75 Å². The van der Waals surface area contributed by atoms with E-state index in [1.807, 2.05) is 36.4 Å². The molecule has 2 aromatic rings. The molecule has 156 valence electrons. The molecule has 0 radical (unpaired) electrons. The Morgan fingerprint density at radius 1 is 1.14 bits per heavy atom. The number of carbonyl (C=O) groups excluding carboxylic acids is 1. The first kappa shape index (κ1) is 21.4. The van der Waals surface area contributed by atoms with Gasteiger partial charge in [0.2, 0.25) is 0 Å². The highest BCUT2D eigenvalue weighted by atomic mass is 35.5. The Balaban J connectivity index is 1.59. The van der Waals surface area contributed by atoms with Crippen LogP contribution in [-0.4, -0.2) is 62.5 Å². The van der Waals surface area contributed by atoms with E-state index < -0.39 is 0 Å². The molecule has 1 fully saturated rings. The van der Waals surface area contributed by atoms with Gasteiger partial charge in [0.05, 0.1) is 30.0 Å². The lowest BCUT2D eigenvalue weighted by atomic mass is 10.0. The fraction of sp³-hybridized carbons (Fsp3) is 0.409. The largest absolute Gasteiger partial charge is 0.491 e. The lowest BCUT2D eigenvalue weighted by Crippen LogP contribution is -2.47. The van der Waals surface area contributed by atoms with E-state index in [1.165, 1.54) is 12.7 Å². The molecule has 3 rings (SSSR count). The summed E-state index contributed by atoms with van der Waals surface area (Å²) in [5.74, 6) is 0.345. The summed E-state index contributed by atoms with van der Waals surface area (Å²) in [6, 6.07) is 13.5. The molecule has 1 heterocycles. The number of methoxy groups -OCH3 is 1. The Bertz CT molecular complexity index is 820. The van der Waals surface area contributed by atoms with Crippen LogP contribution in [0, 0.1) is 0 Å². The summed E-state index contributed by atoms with van der Waals surface area (Å²) >= 11 is 6.45. The molecule has 0 saturated carbocycles. The van der Waals surface area contributed by atoms with E-state index >= 15 is 0 Å². The molecule has 2 aromatic carbocycles. The Labute approximate surface area is 176 Å². The van der Waals surface area contributed by atoms with Gasteiger partial charge in [-0.05, 0) is 36.8 Å². The molecular formula is C22H27ClN2O4. The van der Waals surface area contributed by atoms with Gasteiger partial charge in [-0.1, -0.05) is 23.7 Å². The second kappa shape index (κ2) is 9.96. The molecule has 0 bridgehead atoms. The minimum atomic E-state index is -0.317. The molecule has 0 aromatic heterocycles. The van der Waals surface area contributed by atoms with Gasteiger partial charge >= 0.3 is 5.97 Å². The SMILES string of the molecule is COC(=O)c1ccc(C(C)N2CCN(c3ccc(OCCO)cc3Cl)CC2)cc1. The van der Waals surface area contributed by atoms with Crippen LogP contribution in [0.5, 0.6) is 5.75 Å². The lowest BCUT2D eigenvalue weighted by molar-refractivity contribution is 0.0600. The predicted molar refractivity (Wildman–Crippen MR) is 114 cm³/mol. The van der Waals surface area contributed by atoms with Crippen LogP contribution in [0.2, 0.25) is 5.02 Å². The van der Waals surface area contributed by atoms with Crippen molar-refractivity contribution in [2.75, 3.05) is 51.4 Å². The first-order valence-electron chi connectivity index (χ1n) is 9.74. The van der Waals surface area contributed by atoms with Crippen LogP contribution in [0.1, 0.15) is 28.9 Å². The summed E-state index contributed by atoms with van der Waals surface area (Å²) in [6.45, 7) is 6.00. The van der Waals surface area contributed by atoms with Gasteiger partial charge < -0.3 is 19.5 Å². The normalized spacial score (nSPS) is 15.8. The van der Waals surface area contributed by atoms with E-state index in [0.717, 1.165) is 31.9 Å². The van der Waals surface area contributed by atoms with Crippen LogP contribution in [0.25, 0.3) is 0 Å². The van der Waals surface area contributed by atoms with E-state index in [4.69, 9.17) is 26.2 Å². The van der Waals surface area contributed by atoms with Crippen molar-refractivity contribution >= 4 is 23.3 Å². The monoisotopic (exact) mass is 418 g/mol. The fourth-order valence-corrected chi connectivity index (χ4v) is 3.86. The van der Waals surface area contributed by atoms with Crippen molar-refractivity contribution in [1.29, 1.82) is 0 Å². The maximum absolute atomic E-state index is 11.6. The molecule has 1 atom stereocenters. The third-order valence-corrected chi connectivity index (χ3v) is 5.60. The van der Waals surface area contributed by atoms with Crippen molar-refractivity contribution in [3.63, 3.8) is 0 Å². The number of hydrogen-bond donors (Lipinski definition) is 1. The number of aliphatic hydroxyl groups excluding tert-OH is 1. The Morgan fingerprint density at radius 3 is 2.41 bits per heavy atom. The number of aliphatic hydroxyl groups is 1. The number of carbonyl (C=O) groups is 1. The first-order chi connectivity index (χ1) is 14.0. The number of rotatable bonds is 7. The molecule has 1 unspecified atom stereocenters. The van der Waals surface area contributed by atoms with E-state index in [1.54, 1.807) is 6.07 Å². The number of halogens is 1. The highest BCUT2D eigenvalue weighted by Gasteiger charge is 2.23. The van der Waals surface area contributed by atoms with E-state index in [-0.39, 0.29) is 25.2 Å². The maximum atomic E-state index is 11.6. The number of esters is 1. The summed E-state index contributed by atoms with van der Waals surface area (Å²) in [6.07, 6.45) is 0. The molecule has 0 spiro atoms. The Morgan fingerprint density at radius 2 is 1.83 bits per heavy atom. The number of anilines is 1. The van der Waals surface area contributed by atoms with E-state index in [0.29, 0.717) is 16.3 Å². The summed E-state index contributed by atoms with van der Waals surface area (Å²) in [7, 11) is 1.39. The number of piperazine rings is 1. The van der Waals surface area contributed by atoms with Gasteiger partial charge in [-0.25, -0.2) is 4.79 Å². The summed E-state index contributed by atoms with van der Waals surface area (Å²) in [5.41, 5.74) is 2.74. The second-order valence-electron chi connectivity index (χ2n) is 7.00. The predicted octanol–water partition coefficient (Wildman–Crippen LogP) is 3.38. The van der Waals surface area contributed by atoms with Crippen LogP contribution in [0.15, 0.2) is 42.5 Å². The van der Waals surface area contributed by atoms with Crippen LogP contribution in [-0.2, 0) is 4.74 Å². The van der Waals surface area contributed by atoms with Crippen molar-refractivity contribution < 1.29 is 19.4 Å². The van der Waals surface area contributed by atoms with Crippen LogP contribution < -0.4 is 9.64 Å². The highest BCUT2D eigenvalue weighted by Crippen LogP contribution is 2.31. The third-order valence-electron chi connectivity index (χ3n) is 5.30. The van der Waals surface area contributed by atoms with E-state index in [9.17, 15) is 4.79 Å². The van der Waals surface area contributed by atoms with Gasteiger partial charge in [0.25, 0.3) is 0 Å². The smallest absolute Gasteiger partial charge is 0.337 e. The van der Waals surface area contributed by atoms with E-state index in [2.05, 4.69) is 16.7 Å². The number of hydrogen-bond acceptors (Lipinski definition) is 6. The highest BCUT2D eigenvalue weighted by molar-refractivity contribution is 6.33. The lowest BCUT2D eigenvalue weighted by Gasteiger charge is -2.39. The minimum absolute atomic E-state index is 0.0229. The first-order valence-corrected chi connectivity index (χ1v) is 10.1. The zero-order valence-corrected chi connectivity index (χ0v) is 17.6. The summed E-state index contributed by atoms with van der Waals surface area (Å²) in [4.78, 5) is 16.3. The molecule has 0 amide bonds. The number of ether oxygens (including phenoxy) is 2. The molecule has 1 saturated heterocycles. The Hall–Kier alpha value is -2.28. The topological polar surface area (TPSA) is 62.2 Å². The second-order valence-corrected chi connectivity index (χ2v) is 7.41. The molecule has 1 N–H and O–H groups in total. The minimum Gasteiger partial charge on any atom is -0.491 e.